The molecule has 3 rings (SSSR count). The van der Waals surface area contributed by atoms with Crippen molar-refractivity contribution in [3.63, 3.8) is 0 Å². The first-order valence-corrected chi connectivity index (χ1v) is 10.6. The van der Waals surface area contributed by atoms with E-state index in [0.717, 1.165) is 12.8 Å². The Kier molecular flexibility index (Phi) is 7.44. The van der Waals surface area contributed by atoms with Crippen LogP contribution >= 0.6 is 0 Å². The first-order valence-electron chi connectivity index (χ1n) is 9.37. The quantitative estimate of drug-likeness (QED) is 0.422. The Balaban J connectivity index is 1.76. The van der Waals surface area contributed by atoms with Crippen LogP contribution in [0.3, 0.4) is 0 Å². The molecule has 28 heavy (non-hydrogen) atoms. The smallest absolute Gasteiger partial charge is 0.251 e. The number of benzene rings is 3. The summed E-state index contributed by atoms with van der Waals surface area (Å²) in [5.41, 5.74) is 0.648. The normalized spacial score (nSPS) is 10.6. The highest BCUT2D eigenvalue weighted by atomic mass is 32.2. The Labute approximate surface area is 169 Å². The molecule has 141 valence electrons. The number of carbonyl (C=O) groups excluding carboxylic acids is 2. The second-order valence-electron chi connectivity index (χ2n) is 6.31. The number of carbonyl (C=O) groups is 1. The lowest BCUT2D eigenvalue weighted by Crippen LogP contribution is -2.24. The molecule has 0 unspecified atom stereocenters. The number of amides is 1. The van der Waals surface area contributed by atoms with Crippen molar-refractivity contribution in [2.24, 2.45) is 0 Å². The molecule has 0 aliphatic carbocycles. The maximum absolute atomic E-state index is 12.3. The van der Waals surface area contributed by atoms with Crippen LogP contribution in [0.4, 0.5) is 0 Å². The van der Waals surface area contributed by atoms with Crippen molar-refractivity contribution in [2.45, 2.75) is 33.9 Å². The third-order valence-corrected chi connectivity index (χ3v) is 6.53. The van der Waals surface area contributed by atoms with Gasteiger partial charge in [0.25, 0.3) is 5.91 Å². The van der Waals surface area contributed by atoms with Crippen LogP contribution in [-0.4, -0.2) is 18.7 Å². The minimum Gasteiger partial charge on any atom is -0.352 e. The van der Waals surface area contributed by atoms with Gasteiger partial charge in [0, 0.05) is 18.5 Å². The second-order valence-corrected chi connectivity index (χ2v) is 8.34. The standard InChI is InChI=1S/C24H22NO2S/c26-19-9-3-8-18-25-24(27)20-14-16-23(17-15-20)28(21-10-4-1-5-11-21)22-12-6-2-7-13-22/h1-2,4-7,10-17H,3,8-9,18H2/p+1. The molecular formula is C24H23NO2S+. The SMILES string of the molecule is O=[C]CCCCNC(=O)c1ccc([S+](c2ccccc2)c2ccccc2)cc1. The van der Waals surface area contributed by atoms with Crippen LogP contribution in [0.2, 0.25) is 0 Å². The van der Waals surface area contributed by atoms with E-state index in [1.807, 2.05) is 42.7 Å². The van der Waals surface area contributed by atoms with Gasteiger partial charge in [0.1, 0.15) is 0 Å². The predicted octanol–water partition coefficient (Wildman–Crippen LogP) is 4.79. The summed E-state index contributed by atoms with van der Waals surface area (Å²) in [7, 11) is -0.214. The summed E-state index contributed by atoms with van der Waals surface area (Å²) in [5.74, 6) is -0.0825. The average Bonchev–Trinajstić information content (AvgIpc) is 2.76. The zero-order valence-corrected chi connectivity index (χ0v) is 16.5. The average molecular weight is 390 g/mol. The molecule has 1 amide bonds. The molecule has 0 atom stereocenters. The van der Waals surface area contributed by atoms with Crippen LogP contribution in [0, 0.1) is 0 Å². The molecular weight excluding hydrogens is 366 g/mol. The zero-order chi connectivity index (χ0) is 19.6. The van der Waals surface area contributed by atoms with Crippen molar-refractivity contribution in [1.82, 2.24) is 5.32 Å². The summed E-state index contributed by atoms with van der Waals surface area (Å²) in [5, 5.41) is 2.90. The molecule has 0 saturated carbocycles. The van der Waals surface area contributed by atoms with Crippen molar-refractivity contribution in [3.8, 4) is 0 Å². The summed E-state index contributed by atoms with van der Waals surface area (Å²) >= 11 is 0. The molecule has 0 heterocycles. The van der Waals surface area contributed by atoms with E-state index in [4.69, 9.17) is 0 Å². The summed E-state index contributed by atoms with van der Waals surface area (Å²) in [4.78, 5) is 26.2. The highest BCUT2D eigenvalue weighted by Crippen LogP contribution is 2.30. The van der Waals surface area contributed by atoms with Crippen LogP contribution in [0.15, 0.2) is 99.6 Å². The number of hydrogen-bond donors (Lipinski definition) is 1. The van der Waals surface area contributed by atoms with Crippen LogP contribution in [0.5, 0.6) is 0 Å². The van der Waals surface area contributed by atoms with Gasteiger partial charge in [0.05, 0.1) is 10.9 Å². The summed E-state index contributed by atoms with van der Waals surface area (Å²) in [6, 6.07) is 28.7. The fourth-order valence-corrected chi connectivity index (χ4v) is 4.97. The molecule has 1 N–H and O–H groups in total. The Bertz CT molecular complexity index is 840. The minimum atomic E-state index is -0.214. The van der Waals surface area contributed by atoms with Gasteiger partial charge in [-0.3, -0.25) is 9.59 Å². The molecule has 0 bridgehead atoms. The monoisotopic (exact) mass is 389 g/mol. The Morgan fingerprint density at radius 3 is 1.82 bits per heavy atom. The molecule has 0 aliphatic rings. The highest BCUT2D eigenvalue weighted by molar-refractivity contribution is 7.97. The molecule has 0 saturated heterocycles. The number of nitrogens with one attached hydrogen (secondary N) is 1. The van der Waals surface area contributed by atoms with Crippen molar-refractivity contribution < 1.29 is 9.59 Å². The van der Waals surface area contributed by atoms with E-state index >= 15 is 0 Å². The van der Waals surface area contributed by atoms with E-state index in [0.29, 0.717) is 18.5 Å². The lowest BCUT2D eigenvalue weighted by atomic mass is 10.2. The number of rotatable bonds is 9. The first-order chi connectivity index (χ1) is 13.8. The summed E-state index contributed by atoms with van der Waals surface area (Å²) < 4.78 is 0. The van der Waals surface area contributed by atoms with Crippen LogP contribution < -0.4 is 5.32 Å². The van der Waals surface area contributed by atoms with E-state index in [9.17, 15) is 9.59 Å². The largest absolute Gasteiger partial charge is 0.352 e. The Morgan fingerprint density at radius 1 is 0.750 bits per heavy atom. The third-order valence-electron chi connectivity index (χ3n) is 4.30. The lowest BCUT2D eigenvalue weighted by Gasteiger charge is -2.09. The Hall–Kier alpha value is -2.85. The Morgan fingerprint density at radius 2 is 1.29 bits per heavy atom. The van der Waals surface area contributed by atoms with E-state index in [-0.39, 0.29) is 16.8 Å². The summed E-state index contributed by atoms with van der Waals surface area (Å²) in [6.07, 6.45) is 3.82. The number of unbranched alkanes of at least 4 members (excludes halogenated alkanes) is 2. The van der Waals surface area contributed by atoms with Crippen LogP contribution in [0.1, 0.15) is 29.6 Å². The van der Waals surface area contributed by atoms with Gasteiger partial charge in [-0.15, -0.1) is 0 Å². The van der Waals surface area contributed by atoms with Gasteiger partial charge in [-0.25, -0.2) is 0 Å². The molecule has 3 nitrogen and oxygen atoms in total. The second kappa shape index (κ2) is 10.5. The maximum atomic E-state index is 12.3. The van der Waals surface area contributed by atoms with Crippen molar-refractivity contribution in [2.75, 3.05) is 6.54 Å². The molecule has 3 aromatic rings. The van der Waals surface area contributed by atoms with Gasteiger partial charge >= 0.3 is 0 Å². The van der Waals surface area contributed by atoms with Gasteiger partial charge in [0.15, 0.2) is 21.0 Å². The van der Waals surface area contributed by atoms with Crippen molar-refractivity contribution >= 4 is 23.1 Å². The number of hydrogen-bond acceptors (Lipinski definition) is 2. The topological polar surface area (TPSA) is 46.2 Å². The molecule has 0 aromatic heterocycles. The molecule has 1 radical (unpaired) electrons. The highest BCUT2D eigenvalue weighted by Gasteiger charge is 2.28. The van der Waals surface area contributed by atoms with Gasteiger partial charge < -0.3 is 5.32 Å². The molecule has 0 aliphatic heterocycles. The molecule has 3 aromatic carbocycles. The minimum absolute atomic E-state index is 0.0825. The van der Waals surface area contributed by atoms with Crippen molar-refractivity contribution in [1.29, 1.82) is 0 Å². The van der Waals surface area contributed by atoms with Crippen LogP contribution in [0.25, 0.3) is 0 Å². The zero-order valence-electron chi connectivity index (χ0n) is 15.6. The van der Waals surface area contributed by atoms with Gasteiger partial charge in [-0.2, -0.15) is 0 Å². The van der Waals surface area contributed by atoms with Crippen molar-refractivity contribution in [3.05, 3.63) is 90.5 Å². The van der Waals surface area contributed by atoms with Gasteiger partial charge in [-0.1, -0.05) is 36.4 Å². The molecule has 0 fully saturated rings. The van der Waals surface area contributed by atoms with E-state index in [1.54, 1.807) is 0 Å². The van der Waals surface area contributed by atoms with E-state index in [2.05, 4.69) is 53.8 Å². The van der Waals surface area contributed by atoms with Crippen LogP contribution in [-0.2, 0) is 15.7 Å². The molecule has 4 heteroatoms. The maximum Gasteiger partial charge on any atom is 0.251 e. The lowest BCUT2D eigenvalue weighted by molar-refractivity contribution is 0.0953. The summed E-state index contributed by atoms with van der Waals surface area (Å²) in [6.45, 7) is 0.570. The fourth-order valence-electron chi connectivity index (χ4n) is 2.89. The van der Waals surface area contributed by atoms with E-state index < -0.39 is 0 Å². The molecule has 0 spiro atoms. The first kappa shape index (κ1) is 19.9. The van der Waals surface area contributed by atoms with Gasteiger partial charge in [0.2, 0.25) is 0 Å². The fraction of sp³-hybridized carbons (Fsp3) is 0.167. The van der Waals surface area contributed by atoms with E-state index in [1.165, 1.54) is 14.7 Å². The predicted molar refractivity (Wildman–Crippen MR) is 113 cm³/mol. The third kappa shape index (κ3) is 5.33. The van der Waals surface area contributed by atoms with Gasteiger partial charge in [-0.05, 0) is 61.4 Å².